The Hall–Kier alpha value is -1.72. The van der Waals surface area contributed by atoms with Crippen LogP contribution in [0.25, 0.3) is 0 Å². The molecule has 2 aromatic rings. The van der Waals surface area contributed by atoms with Gasteiger partial charge >= 0.3 is 0 Å². The van der Waals surface area contributed by atoms with Crippen molar-refractivity contribution in [2.75, 3.05) is 26.2 Å². The minimum absolute atomic E-state index is 0.305. The molecule has 5 heteroatoms. The molecule has 1 aliphatic carbocycles. The van der Waals surface area contributed by atoms with Crippen LogP contribution in [-0.2, 0) is 6.54 Å². The average Bonchev–Trinajstić information content (AvgIpc) is 3.35. The Balaban J connectivity index is 1.51. The van der Waals surface area contributed by atoms with Crippen molar-refractivity contribution < 1.29 is 0 Å². The van der Waals surface area contributed by atoms with Crippen LogP contribution in [0.2, 0.25) is 0 Å². The third-order valence-corrected chi connectivity index (χ3v) is 5.22. The number of aromatic amines is 1. The maximum absolute atomic E-state index is 4.64. The molecule has 1 aliphatic heterocycles. The molecule has 1 N–H and O–H groups in total. The van der Waals surface area contributed by atoms with Crippen LogP contribution in [0.1, 0.15) is 42.5 Å². The van der Waals surface area contributed by atoms with E-state index < -0.39 is 0 Å². The lowest BCUT2D eigenvalue weighted by molar-refractivity contribution is 0.187. The van der Waals surface area contributed by atoms with Crippen molar-refractivity contribution in [3.05, 3.63) is 47.5 Å². The first kappa shape index (κ1) is 15.8. The summed E-state index contributed by atoms with van der Waals surface area (Å²) in [6, 6.07) is 11.1. The van der Waals surface area contributed by atoms with Crippen molar-refractivity contribution in [2.45, 2.75) is 38.8 Å². The van der Waals surface area contributed by atoms with Crippen molar-refractivity contribution in [1.82, 2.24) is 25.0 Å². The number of nitrogens with one attached hydrogen (secondary N) is 1. The van der Waals surface area contributed by atoms with Crippen LogP contribution in [0.15, 0.2) is 30.3 Å². The summed E-state index contributed by atoms with van der Waals surface area (Å²) in [7, 11) is 0. The maximum Gasteiger partial charge on any atom is 0.167 e. The van der Waals surface area contributed by atoms with Gasteiger partial charge in [0.15, 0.2) is 5.82 Å². The molecule has 128 valence electrons. The van der Waals surface area contributed by atoms with Crippen LogP contribution in [0.3, 0.4) is 0 Å². The number of H-pyrrole nitrogens is 1. The first-order valence-electron chi connectivity index (χ1n) is 9.17. The quantitative estimate of drug-likeness (QED) is 0.918. The van der Waals surface area contributed by atoms with Gasteiger partial charge in [-0.3, -0.25) is 10.00 Å². The number of nitrogens with zero attached hydrogens (tertiary/aromatic N) is 4. The fraction of sp³-hybridized carbons (Fsp3) is 0.579. The van der Waals surface area contributed by atoms with E-state index in [1.807, 2.05) is 6.92 Å². The molecule has 0 spiro atoms. The summed E-state index contributed by atoms with van der Waals surface area (Å²) in [5.74, 6) is 2.82. The van der Waals surface area contributed by atoms with Crippen molar-refractivity contribution in [3.63, 3.8) is 0 Å². The van der Waals surface area contributed by atoms with E-state index in [1.54, 1.807) is 0 Å². The third kappa shape index (κ3) is 3.84. The summed E-state index contributed by atoms with van der Waals surface area (Å²) >= 11 is 0. The molecule has 1 atom stereocenters. The molecular formula is C19H27N5. The van der Waals surface area contributed by atoms with E-state index in [-0.39, 0.29) is 0 Å². The lowest BCUT2D eigenvalue weighted by atomic mass is 10.1. The average molecular weight is 325 g/mol. The SMILES string of the molecule is Cc1nc(C2CCN(CC3CC3)CCN2Cc2ccccc2)n[nH]1. The van der Waals surface area contributed by atoms with Crippen LogP contribution in [0.4, 0.5) is 0 Å². The number of rotatable bonds is 5. The van der Waals surface area contributed by atoms with Gasteiger partial charge in [-0.1, -0.05) is 30.3 Å². The molecule has 0 amide bonds. The number of hydrogen-bond acceptors (Lipinski definition) is 4. The molecule has 0 bridgehead atoms. The summed E-state index contributed by atoms with van der Waals surface area (Å²) in [4.78, 5) is 9.85. The Labute approximate surface area is 144 Å². The molecule has 1 saturated carbocycles. The molecule has 2 aliphatic rings. The molecule has 2 fully saturated rings. The van der Waals surface area contributed by atoms with E-state index in [2.05, 4.69) is 55.3 Å². The maximum atomic E-state index is 4.64. The second kappa shape index (κ2) is 7.03. The second-order valence-electron chi connectivity index (χ2n) is 7.28. The van der Waals surface area contributed by atoms with E-state index in [4.69, 9.17) is 0 Å². The zero-order valence-corrected chi connectivity index (χ0v) is 14.5. The monoisotopic (exact) mass is 325 g/mol. The predicted molar refractivity (Wildman–Crippen MR) is 94.5 cm³/mol. The first-order chi connectivity index (χ1) is 11.8. The Morgan fingerprint density at radius 1 is 1.08 bits per heavy atom. The highest BCUT2D eigenvalue weighted by Gasteiger charge is 2.30. The predicted octanol–water partition coefficient (Wildman–Crippen LogP) is 2.77. The Morgan fingerprint density at radius 2 is 1.92 bits per heavy atom. The van der Waals surface area contributed by atoms with E-state index in [1.165, 1.54) is 24.9 Å². The van der Waals surface area contributed by atoms with Crippen LogP contribution in [-0.4, -0.2) is 51.2 Å². The zero-order valence-electron chi connectivity index (χ0n) is 14.5. The van der Waals surface area contributed by atoms with Gasteiger partial charge in [-0.25, -0.2) is 4.98 Å². The Bertz CT molecular complexity index is 649. The van der Waals surface area contributed by atoms with E-state index in [0.29, 0.717) is 6.04 Å². The fourth-order valence-electron chi connectivity index (χ4n) is 3.68. The van der Waals surface area contributed by atoms with Gasteiger partial charge in [0.2, 0.25) is 0 Å². The highest BCUT2D eigenvalue weighted by atomic mass is 15.3. The number of benzene rings is 1. The summed E-state index contributed by atoms with van der Waals surface area (Å²) in [6.07, 6.45) is 3.96. The highest BCUT2D eigenvalue weighted by molar-refractivity contribution is 5.15. The molecule has 2 heterocycles. The molecule has 1 unspecified atom stereocenters. The number of aryl methyl sites for hydroxylation is 1. The van der Waals surface area contributed by atoms with Crippen molar-refractivity contribution in [2.24, 2.45) is 5.92 Å². The Kier molecular flexibility index (Phi) is 4.63. The standard InChI is InChI=1S/C19H27N5/c1-15-20-19(22-21-15)18-9-10-23(13-17-7-8-17)11-12-24(18)14-16-5-3-2-4-6-16/h2-6,17-18H,7-14H2,1H3,(H,20,21,22). The minimum Gasteiger partial charge on any atom is -0.302 e. The largest absolute Gasteiger partial charge is 0.302 e. The molecule has 0 radical (unpaired) electrons. The van der Waals surface area contributed by atoms with E-state index in [0.717, 1.165) is 50.2 Å². The van der Waals surface area contributed by atoms with E-state index in [9.17, 15) is 0 Å². The molecule has 1 aromatic heterocycles. The van der Waals surface area contributed by atoms with Gasteiger partial charge in [-0.2, -0.15) is 5.10 Å². The molecule has 1 aromatic carbocycles. The highest BCUT2D eigenvalue weighted by Crippen LogP contribution is 2.32. The van der Waals surface area contributed by atoms with Gasteiger partial charge in [0, 0.05) is 32.7 Å². The Morgan fingerprint density at radius 3 is 2.62 bits per heavy atom. The third-order valence-electron chi connectivity index (χ3n) is 5.22. The van der Waals surface area contributed by atoms with Gasteiger partial charge < -0.3 is 4.90 Å². The summed E-state index contributed by atoms with van der Waals surface area (Å²) in [5, 5.41) is 7.50. The topological polar surface area (TPSA) is 48.1 Å². The second-order valence-corrected chi connectivity index (χ2v) is 7.28. The van der Waals surface area contributed by atoms with Gasteiger partial charge in [0.1, 0.15) is 5.82 Å². The van der Waals surface area contributed by atoms with Crippen LogP contribution >= 0.6 is 0 Å². The lowest BCUT2D eigenvalue weighted by Gasteiger charge is -2.27. The van der Waals surface area contributed by atoms with Crippen molar-refractivity contribution in [3.8, 4) is 0 Å². The van der Waals surface area contributed by atoms with E-state index >= 15 is 0 Å². The van der Waals surface area contributed by atoms with Crippen molar-refractivity contribution >= 4 is 0 Å². The smallest absolute Gasteiger partial charge is 0.167 e. The zero-order chi connectivity index (χ0) is 16.4. The minimum atomic E-state index is 0.305. The molecular weight excluding hydrogens is 298 g/mol. The van der Waals surface area contributed by atoms with Gasteiger partial charge in [-0.05, 0) is 37.7 Å². The van der Waals surface area contributed by atoms with Crippen LogP contribution in [0, 0.1) is 12.8 Å². The summed E-state index contributed by atoms with van der Waals surface area (Å²) < 4.78 is 0. The molecule has 1 saturated heterocycles. The summed E-state index contributed by atoms with van der Waals surface area (Å²) in [6.45, 7) is 7.62. The first-order valence-corrected chi connectivity index (χ1v) is 9.17. The van der Waals surface area contributed by atoms with Gasteiger partial charge in [0.25, 0.3) is 0 Å². The summed E-state index contributed by atoms with van der Waals surface area (Å²) in [5.41, 5.74) is 1.37. The fourth-order valence-corrected chi connectivity index (χ4v) is 3.68. The normalized spacial score (nSPS) is 23.3. The lowest BCUT2D eigenvalue weighted by Crippen LogP contribution is -2.33. The van der Waals surface area contributed by atoms with Crippen LogP contribution < -0.4 is 0 Å². The van der Waals surface area contributed by atoms with Crippen LogP contribution in [0.5, 0.6) is 0 Å². The van der Waals surface area contributed by atoms with Gasteiger partial charge in [0.05, 0.1) is 6.04 Å². The molecule has 24 heavy (non-hydrogen) atoms. The van der Waals surface area contributed by atoms with Crippen molar-refractivity contribution in [1.29, 1.82) is 0 Å². The number of hydrogen-bond donors (Lipinski definition) is 1. The molecule has 5 nitrogen and oxygen atoms in total. The number of aromatic nitrogens is 3. The molecule has 4 rings (SSSR count). The van der Waals surface area contributed by atoms with Gasteiger partial charge in [-0.15, -0.1) is 0 Å².